The van der Waals surface area contributed by atoms with Crippen molar-refractivity contribution >= 4 is 11.6 Å². The second kappa shape index (κ2) is 8.22. The van der Waals surface area contributed by atoms with E-state index in [1.54, 1.807) is 77.9 Å². The Bertz CT molecular complexity index is 1090. The summed E-state index contributed by atoms with van der Waals surface area (Å²) in [6, 6.07) is 17.5. The lowest BCUT2D eigenvalue weighted by atomic mass is 10.2. The second-order valence-electron chi connectivity index (χ2n) is 5.98. The summed E-state index contributed by atoms with van der Waals surface area (Å²) >= 11 is 0. The van der Waals surface area contributed by atoms with E-state index in [2.05, 4.69) is 20.5 Å². The number of hydrogen-bond donors (Lipinski definition) is 1. The largest absolute Gasteiger partial charge is 0.496 e. The number of imidazole rings is 1. The smallest absolute Gasteiger partial charge is 0.259 e. The fourth-order valence-corrected chi connectivity index (χ4v) is 2.66. The van der Waals surface area contributed by atoms with Gasteiger partial charge in [0.15, 0.2) is 5.82 Å². The van der Waals surface area contributed by atoms with E-state index in [9.17, 15) is 4.79 Å². The van der Waals surface area contributed by atoms with Crippen molar-refractivity contribution in [1.82, 2.24) is 19.7 Å². The lowest BCUT2D eigenvalue weighted by Crippen LogP contribution is -2.12. The van der Waals surface area contributed by atoms with Crippen LogP contribution in [0, 0.1) is 0 Å². The number of benzene rings is 2. The molecule has 0 aliphatic heterocycles. The summed E-state index contributed by atoms with van der Waals surface area (Å²) < 4.78 is 12.7. The summed E-state index contributed by atoms with van der Waals surface area (Å²) in [7, 11) is 1.53. The highest BCUT2D eigenvalue weighted by molar-refractivity contribution is 6.06. The number of para-hydroxylation sites is 1. The molecule has 0 spiro atoms. The third-order valence-corrected chi connectivity index (χ3v) is 4.08. The molecule has 29 heavy (non-hydrogen) atoms. The van der Waals surface area contributed by atoms with Crippen molar-refractivity contribution in [3.63, 3.8) is 0 Å². The van der Waals surface area contributed by atoms with Crippen LogP contribution in [0.4, 0.5) is 5.69 Å². The molecular formula is C21H17N5O3. The summed E-state index contributed by atoms with van der Waals surface area (Å²) in [5.74, 6) is 1.84. The molecule has 1 N–H and O–H groups in total. The minimum Gasteiger partial charge on any atom is -0.496 e. The van der Waals surface area contributed by atoms with Crippen LogP contribution >= 0.6 is 0 Å². The number of carbonyl (C=O) groups excluding carboxylic acids is 1. The van der Waals surface area contributed by atoms with Crippen LogP contribution in [-0.4, -0.2) is 32.8 Å². The van der Waals surface area contributed by atoms with Crippen molar-refractivity contribution in [2.45, 2.75) is 0 Å². The third-order valence-electron chi connectivity index (χ3n) is 4.08. The summed E-state index contributed by atoms with van der Waals surface area (Å²) in [6.07, 6.45) is 5.09. The van der Waals surface area contributed by atoms with Crippen molar-refractivity contribution in [2.75, 3.05) is 12.4 Å². The Kier molecular flexibility index (Phi) is 5.15. The molecule has 2 aromatic carbocycles. The number of nitrogens with one attached hydrogen (secondary N) is 1. The molecule has 144 valence electrons. The molecular weight excluding hydrogens is 370 g/mol. The molecule has 0 bridgehead atoms. The normalized spacial score (nSPS) is 10.4. The highest BCUT2D eigenvalue weighted by Crippen LogP contribution is 2.23. The molecule has 0 radical (unpaired) electrons. The molecule has 0 aliphatic carbocycles. The van der Waals surface area contributed by atoms with Crippen LogP contribution < -0.4 is 14.8 Å². The third kappa shape index (κ3) is 4.22. The Morgan fingerprint density at radius 2 is 1.83 bits per heavy atom. The van der Waals surface area contributed by atoms with Gasteiger partial charge in [-0.1, -0.05) is 12.1 Å². The highest BCUT2D eigenvalue weighted by atomic mass is 16.5. The maximum absolute atomic E-state index is 12.5. The van der Waals surface area contributed by atoms with Gasteiger partial charge in [-0.15, -0.1) is 10.2 Å². The molecule has 8 nitrogen and oxygen atoms in total. The maximum Gasteiger partial charge on any atom is 0.259 e. The van der Waals surface area contributed by atoms with Crippen LogP contribution in [-0.2, 0) is 0 Å². The van der Waals surface area contributed by atoms with Gasteiger partial charge in [-0.3, -0.25) is 9.36 Å². The first kappa shape index (κ1) is 18.2. The Hall–Kier alpha value is -4.20. The van der Waals surface area contributed by atoms with E-state index >= 15 is 0 Å². The van der Waals surface area contributed by atoms with Crippen LogP contribution in [0.5, 0.6) is 17.4 Å². The van der Waals surface area contributed by atoms with Crippen LogP contribution in [0.1, 0.15) is 10.4 Å². The van der Waals surface area contributed by atoms with Gasteiger partial charge >= 0.3 is 0 Å². The average Bonchev–Trinajstić information content (AvgIpc) is 3.30. The quantitative estimate of drug-likeness (QED) is 0.542. The van der Waals surface area contributed by atoms with Crippen LogP contribution in [0.25, 0.3) is 5.82 Å². The van der Waals surface area contributed by atoms with Crippen LogP contribution in [0.2, 0.25) is 0 Å². The SMILES string of the molecule is COc1ccccc1C(=O)Nc1ccc(Oc2ccc(-n3ccnc3)nn2)cc1. The molecule has 0 atom stereocenters. The molecule has 0 fully saturated rings. The number of methoxy groups -OCH3 is 1. The summed E-state index contributed by atoms with van der Waals surface area (Å²) in [5, 5.41) is 11.0. The summed E-state index contributed by atoms with van der Waals surface area (Å²) in [4.78, 5) is 16.4. The molecule has 0 aliphatic rings. The molecule has 2 aromatic heterocycles. The standard InChI is InChI=1S/C21H17N5O3/c1-28-18-5-3-2-4-17(18)21(27)23-15-6-8-16(9-7-15)29-20-11-10-19(24-25-20)26-13-12-22-14-26/h2-14H,1H3,(H,23,27). The van der Waals surface area contributed by atoms with Crippen molar-refractivity contribution in [3.05, 3.63) is 84.9 Å². The molecule has 2 heterocycles. The van der Waals surface area contributed by atoms with Crippen molar-refractivity contribution in [2.24, 2.45) is 0 Å². The number of anilines is 1. The van der Waals surface area contributed by atoms with E-state index in [1.165, 1.54) is 7.11 Å². The van der Waals surface area contributed by atoms with Crippen molar-refractivity contribution in [1.29, 1.82) is 0 Å². The Morgan fingerprint density at radius 3 is 2.52 bits per heavy atom. The number of nitrogens with zero attached hydrogens (tertiary/aromatic N) is 4. The minimum absolute atomic E-state index is 0.253. The Labute approximate surface area is 166 Å². The van der Waals surface area contributed by atoms with Gasteiger partial charge in [0.2, 0.25) is 5.88 Å². The zero-order valence-electron chi connectivity index (χ0n) is 15.5. The van der Waals surface area contributed by atoms with Crippen LogP contribution in [0.3, 0.4) is 0 Å². The lowest BCUT2D eigenvalue weighted by Gasteiger charge is -2.10. The summed E-state index contributed by atoms with van der Waals surface area (Å²) in [6.45, 7) is 0. The van der Waals surface area contributed by atoms with Gasteiger partial charge in [-0.25, -0.2) is 4.98 Å². The fraction of sp³-hybridized carbons (Fsp3) is 0.0476. The molecule has 4 aromatic rings. The number of ether oxygens (including phenoxy) is 2. The summed E-state index contributed by atoms with van der Waals surface area (Å²) in [5.41, 5.74) is 1.10. The zero-order valence-corrected chi connectivity index (χ0v) is 15.5. The predicted octanol–water partition coefficient (Wildman–Crippen LogP) is 3.72. The molecule has 0 saturated carbocycles. The lowest BCUT2D eigenvalue weighted by molar-refractivity contribution is 0.102. The second-order valence-corrected chi connectivity index (χ2v) is 5.98. The number of rotatable bonds is 6. The molecule has 4 rings (SSSR count). The first-order valence-electron chi connectivity index (χ1n) is 8.77. The molecule has 8 heteroatoms. The first-order chi connectivity index (χ1) is 14.2. The van der Waals surface area contributed by atoms with Gasteiger partial charge in [-0.05, 0) is 42.5 Å². The van der Waals surface area contributed by atoms with Gasteiger partial charge in [0.1, 0.15) is 17.8 Å². The topological polar surface area (TPSA) is 91.2 Å². The van der Waals surface area contributed by atoms with Crippen LogP contribution in [0.15, 0.2) is 79.4 Å². The molecule has 1 amide bonds. The first-order valence-corrected chi connectivity index (χ1v) is 8.77. The van der Waals surface area contributed by atoms with Gasteiger partial charge < -0.3 is 14.8 Å². The number of aromatic nitrogens is 4. The van der Waals surface area contributed by atoms with E-state index in [0.717, 1.165) is 0 Å². The molecule has 0 unspecified atom stereocenters. The van der Waals surface area contributed by atoms with E-state index in [-0.39, 0.29) is 5.91 Å². The van der Waals surface area contributed by atoms with Gasteiger partial charge in [0.25, 0.3) is 5.91 Å². The van der Waals surface area contributed by atoms with E-state index in [1.807, 2.05) is 6.07 Å². The number of amides is 1. The maximum atomic E-state index is 12.5. The van der Waals surface area contributed by atoms with Gasteiger partial charge in [-0.2, -0.15) is 0 Å². The average molecular weight is 387 g/mol. The molecule has 0 saturated heterocycles. The van der Waals surface area contributed by atoms with Crippen molar-refractivity contribution < 1.29 is 14.3 Å². The highest BCUT2D eigenvalue weighted by Gasteiger charge is 2.11. The Morgan fingerprint density at radius 1 is 1.00 bits per heavy atom. The van der Waals surface area contributed by atoms with E-state index in [4.69, 9.17) is 9.47 Å². The van der Waals surface area contributed by atoms with E-state index < -0.39 is 0 Å². The monoisotopic (exact) mass is 387 g/mol. The Balaban J connectivity index is 1.41. The van der Waals surface area contributed by atoms with Gasteiger partial charge in [0.05, 0.1) is 12.7 Å². The number of hydrogen-bond acceptors (Lipinski definition) is 6. The van der Waals surface area contributed by atoms with Crippen molar-refractivity contribution in [3.8, 4) is 23.2 Å². The zero-order chi connectivity index (χ0) is 20.1. The minimum atomic E-state index is -0.253. The van der Waals surface area contributed by atoms with Gasteiger partial charge in [0, 0.05) is 24.1 Å². The van der Waals surface area contributed by atoms with E-state index in [0.29, 0.717) is 34.4 Å². The predicted molar refractivity (Wildman–Crippen MR) is 107 cm³/mol. The fourth-order valence-electron chi connectivity index (χ4n) is 2.66. The number of carbonyl (C=O) groups is 1.